The van der Waals surface area contributed by atoms with Gasteiger partial charge in [0.25, 0.3) is 6.43 Å². The van der Waals surface area contributed by atoms with Crippen molar-refractivity contribution in [1.29, 1.82) is 0 Å². The number of morpholine rings is 1. The molecule has 4 nitrogen and oxygen atoms in total. The van der Waals surface area contributed by atoms with Crippen LogP contribution in [-0.4, -0.2) is 61.8 Å². The summed E-state index contributed by atoms with van der Waals surface area (Å²) in [5.41, 5.74) is 0. The number of nitrogens with one attached hydrogen (secondary N) is 1. The van der Waals surface area contributed by atoms with Crippen molar-refractivity contribution in [3.8, 4) is 0 Å². The van der Waals surface area contributed by atoms with Gasteiger partial charge in [-0.1, -0.05) is 20.3 Å². The maximum atomic E-state index is 13.2. The fourth-order valence-corrected chi connectivity index (χ4v) is 2.49. The van der Waals surface area contributed by atoms with Crippen LogP contribution in [0.2, 0.25) is 0 Å². The van der Waals surface area contributed by atoms with Crippen molar-refractivity contribution >= 4 is 5.91 Å². The van der Waals surface area contributed by atoms with Crippen LogP contribution in [0.1, 0.15) is 26.7 Å². The Morgan fingerprint density at radius 1 is 1.26 bits per heavy atom. The van der Waals surface area contributed by atoms with Crippen molar-refractivity contribution in [2.75, 3.05) is 26.3 Å². The molecule has 1 saturated heterocycles. The van der Waals surface area contributed by atoms with E-state index in [1.807, 2.05) is 5.32 Å². The van der Waals surface area contributed by atoms with E-state index in [1.165, 1.54) is 11.8 Å². The van der Waals surface area contributed by atoms with E-state index in [0.29, 0.717) is 0 Å². The van der Waals surface area contributed by atoms with Crippen LogP contribution in [0.5, 0.6) is 0 Å². The summed E-state index contributed by atoms with van der Waals surface area (Å²) in [4.78, 5) is 13.3. The highest BCUT2D eigenvalue weighted by Crippen LogP contribution is 2.27. The summed E-state index contributed by atoms with van der Waals surface area (Å²) < 4.78 is 70.3. The molecule has 1 aliphatic heterocycles. The normalized spacial score (nSPS) is 21.0. The van der Waals surface area contributed by atoms with E-state index in [-0.39, 0.29) is 32.7 Å². The van der Waals surface area contributed by atoms with Gasteiger partial charge < -0.3 is 10.1 Å². The summed E-state index contributed by atoms with van der Waals surface area (Å²) in [6.45, 7) is 3.94. The van der Waals surface area contributed by atoms with Gasteiger partial charge in [0, 0.05) is 19.5 Å². The lowest BCUT2D eigenvalue weighted by molar-refractivity contribution is -0.172. The van der Waals surface area contributed by atoms with Gasteiger partial charge in [0.2, 0.25) is 5.91 Å². The molecule has 1 fully saturated rings. The summed E-state index contributed by atoms with van der Waals surface area (Å²) in [5, 5.41) is 1.88. The quantitative estimate of drug-likeness (QED) is 0.720. The highest BCUT2D eigenvalue weighted by molar-refractivity contribution is 5.77. The lowest BCUT2D eigenvalue weighted by atomic mass is 9.98. The summed E-state index contributed by atoms with van der Waals surface area (Å²) in [5.74, 6) is -1.84. The molecule has 1 rings (SSSR count). The number of carbonyl (C=O) groups is 1. The Kier molecular flexibility index (Phi) is 7.66. The Morgan fingerprint density at radius 2 is 1.83 bits per heavy atom. The predicted octanol–water partition coefficient (Wildman–Crippen LogP) is 2.44. The number of halogens is 5. The minimum Gasteiger partial charge on any atom is -0.379 e. The topological polar surface area (TPSA) is 41.6 Å². The van der Waals surface area contributed by atoms with Gasteiger partial charge in [-0.25, -0.2) is 8.78 Å². The average Bonchev–Trinajstić information content (AvgIpc) is 2.49. The molecular weight excluding hydrogens is 323 g/mol. The van der Waals surface area contributed by atoms with Crippen LogP contribution in [0.25, 0.3) is 0 Å². The van der Waals surface area contributed by atoms with Crippen molar-refractivity contribution in [3.05, 3.63) is 0 Å². The number of alkyl halides is 5. The molecule has 3 atom stereocenters. The number of hydrogen-bond donors (Lipinski definition) is 1. The summed E-state index contributed by atoms with van der Waals surface area (Å²) in [6, 6.07) is -3.42. The van der Waals surface area contributed by atoms with Crippen molar-refractivity contribution in [2.24, 2.45) is 5.92 Å². The van der Waals surface area contributed by atoms with E-state index in [9.17, 15) is 26.7 Å². The van der Waals surface area contributed by atoms with Gasteiger partial charge in [0.05, 0.1) is 19.3 Å². The van der Waals surface area contributed by atoms with Crippen LogP contribution in [0, 0.1) is 5.92 Å². The third kappa shape index (κ3) is 6.21. The molecule has 0 bridgehead atoms. The monoisotopic (exact) mass is 346 g/mol. The molecular formula is C14H23F5N2O2. The van der Waals surface area contributed by atoms with Crippen LogP contribution in [0.15, 0.2) is 0 Å². The molecule has 0 aromatic rings. The molecule has 0 saturated carbocycles. The predicted molar refractivity (Wildman–Crippen MR) is 74.2 cm³/mol. The number of rotatable bonds is 7. The Hall–Kier alpha value is -0.960. The molecule has 0 aromatic heterocycles. The Balaban J connectivity index is 2.70. The lowest BCUT2D eigenvalue weighted by Crippen LogP contribution is -2.53. The van der Waals surface area contributed by atoms with Crippen LogP contribution < -0.4 is 5.32 Å². The standard InChI is InChI=1S/C14H23F5N2O2/c1-3-9(2)12(14(17,18)19)20-11(22)8-10(13(15)16)21-4-6-23-7-5-21/h9-10,12-13H,3-8H2,1-2H3,(H,20,22). The maximum absolute atomic E-state index is 13.2. The third-order valence-electron chi connectivity index (χ3n) is 4.08. The highest BCUT2D eigenvalue weighted by Gasteiger charge is 2.44. The second kappa shape index (κ2) is 8.77. The first-order chi connectivity index (χ1) is 10.7. The highest BCUT2D eigenvalue weighted by atomic mass is 19.4. The number of amides is 1. The molecule has 9 heteroatoms. The first-order valence-electron chi connectivity index (χ1n) is 7.62. The minimum absolute atomic E-state index is 0.214. The first-order valence-corrected chi connectivity index (χ1v) is 7.62. The first kappa shape index (κ1) is 20.1. The molecule has 1 N–H and O–H groups in total. The van der Waals surface area contributed by atoms with E-state index in [0.717, 1.165) is 0 Å². The van der Waals surface area contributed by atoms with Gasteiger partial charge in [-0.15, -0.1) is 0 Å². The minimum atomic E-state index is -4.61. The van der Waals surface area contributed by atoms with Gasteiger partial charge in [-0.3, -0.25) is 9.69 Å². The van der Waals surface area contributed by atoms with Gasteiger partial charge in [0.1, 0.15) is 6.04 Å². The van der Waals surface area contributed by atoms with E-state index >= 15 is 0 Å². The number of ether oxygens (including phenoxy) is 1. The molecule has 0 radical (unpaired) electrons. The number of nitrogens with zero attached hydrogens (tertiary/aromatic N) is 1. The van der Waals surface area contributed by atoms with E-state index in [1.54, 1.807) is 6.92 Å². The third-order valence-corrected chi connectivity index (χ3v) is 4.08. The van der Waals surface area contributed by atoms with Gasteiger partial charge >= 0.3 is 6.18 Å². The number of carbonyl (C=O) groups excluding carboxylic acids is 1. The van der Waals surface area contributed by atoms with Gasteiger partial charge in [-0.2, -0.15) is 13.2 Å². The van der Waals surface area contributed by atoms with Crippen LogP contribution in [0.3, 0.4) is 0 Å². The summed E-state index contributed by atoms with van der Waals surface area (Å²) in [6.07, 6.45) is -7.87. The maximum Gasteiger partial charge on any atom is 0.408 e. The second-order valence-corrected chi connectivity index (χ2v) is 5.73. The number of hydrogen-bond acceptors (Lipinski definition) is 3. The fourth-order valence-electron chi connectivity index (χ4n) is 2.49. The molecule has 0 aromatic carbocycles. The Bertz CT molecular complexity index is 373. The molecule has 0 spiro atoms. The van der Waals surface area contributed by atoms with Crippen LogP contribution in [-0.2, 0) is 9.53 Å². The Morgan fingerprint density at radius 3 is 2.26 bits per heavy atom. The van der Waals surface area contributed by atoms with Gasteiger partial charge in [-0.05, 0) is 5.92 Å². The van der Waals surface area contributed by atoms with Crippen molar-refractivity contribution < 1.29 is 31.5 Å². The van der Waals surface area contributed by atoms with Crippen LogP contribution >= 0.6 is 0 Å². The van der Waals surface area contributed by atoms with Crippen molar-refractivity contribution in [2.45, 2.75) is 51.4 Å². The Labute approximate surface area is 132 Å². The van der Waals surface area contributed by atoms with E-state index in [4.69, 9.17) is 4.74 Å². The van der Waals surface area contributed by atoms with E-state index in [2.05, 4.69) is 0 Å². The molecule has 1 aliphatic rings. The molecule has 0 aliphatic carbocycles. The second-order valence-electron chi connectivity index (χ2n) is 5.73. The average molecular weight is 346 g/mol. The fraction of sp³-hybridized carbons (Fsp3) is 0.929. The molecule has 1 amide bonds. The van der Waals surface area contributed by atoms with Crippen LogP contribution in [0.4, 0.5) is 22.0 Å². The van der Waals surface area contributed by atoms with E-state index < -0.39 is 42.9 Å². The zero-order chi connectivity index (χ0) is 17.6. The lowest BCUT2D eigenvalue weighted by Gasteiger charge is -2.34. The largest absolute Gasteiger partial charge is 0.408 e. The summed E-state index contributed by atoms with van der Waals surface area (Å²) in [7, 11) is 0. The molecule has 23 heavy (non-hydrogen) atoms. The molecule has 1 heterocycles. The van der Waals surface area contributed by atoms with Crippen molar-refractivity contribution in [1.82, 2.24) is 10.2 Å². The molecule has 3 unspecified atom stereocenters. The van der Waals surface area contributed by atoms with Crippen molar-refractivity contribution in [3.63, 3.8) is 0 Å². The zero-order valence-corrected chi connectivity index (χ0v) is 13.2. The van der Waals surface area contributed by atoms with Gasteiger partial charge in [0.15, 0.2) is 0 Å². The SMILES string of the molecule is CCC(C)C(NC(=O)CC(C(F)F)N1CCOCC1)C(F)(F)F. The smallest absolute Gasteiger partial charge is 0.379 e. The summed E-state index contributed by atoms with van der Waals surface area (Å²) >= 11 is 0. The molecule has 136 valence electrons. The zero-order valence-electron chi connectivity index (χ0n) is 13.2.